The van der Waals surface area contributed by atoms with Gasteiger partial charge in [-0.1, -0.05) is 164 Å². The number of nitrogens with zero attached hydrogens (tertiary/aromatic N) is 2. The van der Waals surface area contributed by atoms with Gasteiger partial charge in [-0.25, -0.2) is 0 Å². The molecule has 1 aliphatic carbocycles. The lowest BCUT2D eigenvalue weighted by atomic mass is 9.84. The molecule has 0 saturated carbocycles. The molecule has 0 saturated heterocycles. The van der Waals surface area contributed by atoms with Gasteiger partial charge in [-0.3, -0.25) is 9.69 Å². The van der Waals surface area contributed by atoms with E-state index < -0.39 is 0 Å². The van der Waals surface area contributed by atoms with Crippen molar-refractivity contribution in [3.8, 4) is 72.4 Å². The maximum atomic E-state index is 15.2. The monoisotopic (exact) mass is 816 g/mol. The van der Waals surface area contributed by atoms with Crippen LogP contribution in [0.3, 0.4) is 0 Å². The van der Waals surface area contributed by atoms with E-state index in [-0.39, 0.29) is 17.9 Å². The standard InChI is InChI=1S/C61H40N2O/c64-61-51-26-14-16-28-56(51)62-57-30-29-43(48-33-44(39-17-5-1-6-18-39)31-45(34-48)40-19-7-2-8-20-40)37-53(57)54-38-52(58-50-25-13-15-27-55(50)63(61)60(58)59(54)62)49-35-46(41-21-9-3-10-22-41)32-47(36-49)42-23-11-4-12-24-42/h1-38,50,55H. The van der Waals surface area contributed by atoms with E-state index in [1.165, 1.54) is 27.8 Å². The number of allylic oxidation sites excluding steroid dienone is 2. The van der Waals surface area contributed by atoms with Gasteiger partial charge in [-0.2, -0.15) is 0 Å². The Labute approximate surface area is 372 Å². The van der Waals surface area contributed by atoms with Gasteiger partial charge in [0.1, 0.15) is 0 Å². The quantitative estimate of drug-likeness (QED) is 0.164. The summed E-state index contributed by atoms with van der Waals surface area (Å²) in [5.41, 5.74) is 19.9. The topological polar surface area (TPSA) is 25.2 Å². The Morgan fingerprint density at radius 1 is 0.375 bits per heavy atom. The van der Waals surface area contributed by atoms with E-state index >= 15 is 4.79 Å². The second kappa shape index (κ2) is 14.4. The number of amides is 1. The van der Waals surface area contributed by atoms with Crippen molar-refractivity contribution >= 4 is 33.4 Å². The molecule has 10 aromatic rings. The van der Waals surface area contributed by atoms with Crippen molar-refractivity contribution < 1.29 is 4.79 Å². The molecule has 3 nitrogen and oxygen atoms in total. The first-order valence-electron chi connectivity index (χ1n) is 22.1. The molecule has 0 spiro atoms. The molecule has 3 aliphatic rings. The van der Waals surface area contributed by atoms with Gasteiger partial charge < -0.3 is 4.57 Å². The summed E-state index contributed by atoms with van der Waals surface area (Å²) < 4.78 is 2.38. The number of para-hydroxylation sites is 1. The highest BCUT2D eigenvalue weighted by atomic mass is 16.2. The molecule has 1 amide bonds. The van der Waals surface area contributed by atoms with Crippen molar-refractivity contribution in [1.82, 2.24) is 4.57 Å². The molecule has 0 radical (unpaired) electrons. The molecule has 64 heavy (non-hydrogen) atoms. The molecule has 0 N–H and O–H groups in total. The van der Waals surface area contributed by atoms with Crippen LogP contribution in [0.5, 0.6) is 0 Å². The number of carbonyl (C=O) groups is 1. The Balaban J connectivity index is 1.13. The fourth-order valence-electron chi connectivity index (χ4n) is 10.7. The molecule has 9 aromatic carbocycles. The lowest BCUT2D eigenvalue weighted by Crippen LogP contribution is -2.38. The summed E-state index contributed by atoms with van der Waals surface area (Å²) in [4.78, 5) is 17.3. The van der Waals surface area contributed by atoms with Crippen LogP contribution < -0.4 is 4.90 Å². The van der Waals surface area contributed by atoms with Gasteiger partial charge >= 0.3 is 0 Å². The van der Waals surface area contributed by atoms with E-state index in [1.54, 1.807) is 0 Å². The Bertz CT molecular complexity index is 3450. The SMILES string of the molecule is O=C1c2ccccc2-n2c3ccc(-c4cc(-c5ccccc5)cc(-c5ccccc5)c4)cc3c3cc(-c4cc(-c5ccccc5)cc(-c5ccccc5)c4)c4c(c32)N1C1C=CC=CC41. The fourth-order valence-corrected chi connectivity index (χ4v) is 10.7. The Morgan fingerprint density at radius 3 is 1.42 bits per heavy atom. The zero-order valence-corrected chi connectivity index (χ0v) is 34.9. The van der Waals surface area contributed by atoms with Gasteiger partial charge in [-0.15, -0.1) is 0 Å². The third kappa shape index (κ3) is 5.64. The molecule has 3 heteroatoms. The first-order valence-corrected chi connectivity index (χ1v) is 22.1. The molecular formula is C61H40N2O. The van der Waals surface area contributed by atoms with Crippen molar-refractivity contribution in [2.75, 3.05) is 4.90 Å². The van der Waals surface area contributed by atoms with Crippen LogP contribution in [-0.4, -0.2) is 16.5 Å². The predicted octanol–water partition coefficient (Wildman–Crippen LogP) is 15.3. The van der Waals surface area contributed by atoms with E-state index in [2.05, 4.69) is 228 Å². The average Bonchev–Trinajstić information content (AvgIpc) is 3.86. The van der Waals surface area contributed by atoms with Crippen molar-refractivity contribution in [3.05, 3.63) is 242 Å². The van der Waals surface area contributed by atoms with E-state index in [9.17, 15) is 0 Å². The summed E-state index contributed by atoms with van der Waals surface area (Å²) in [5.74, 6) is 0.0127. The third-order valence-electron chi connectivity index (χ3n) is 13.6. The zero-order chi connectivity index (χ0) is 42.3. The number of aromatic nitrogens is 1. The third-order valence-corrected chi connectivity index (χ3v) is 13.6. The van der Waals surface area contributed by atoms with Crippen LogP contribution in [0.15, 0.2) is 231 Å². The Kier molecular flexibility index (Phi) is 8.19. The molecular weight excluding hydrogens is 777 g/mol. The second-order valence-corrected chi connectivity index (χ2v) is 17.2. The first kappa shape index (κ1) is 36.4. The van der Waals surface area contributed by atoms with Crippen LogP contribution in [0.25, 0.3) is 94.3 Å². The van der Waals surface area contributed by atoms with Crippen LogP contribution in [0.2, 0.25) is 0 Å². The van der Waals surface area contributed by atoms with Crippen LogP contribution >= 0.6 is 0 Å². The van der Waals surface area contributed by atoms with Gasteiger partial charge in [0.25, 0.3) is 5.91 Å². The lowest BCUT2D eigenvalue weighted by Gasteiger charge is -2.26. The smallest absolute Gasteiger partial charge is 0.261 e. The molecule has 300 valence electrons. The molecule has 0 fully saturated rings. The number of rotatable bonds is 6. The highest BCUT2D eigenvalue weighted by Crippen LogP contribution is 2.56. The molecule has 13 rings (SSSR count). The normalized spacial score (nSPS) is 15.7. The van der Waals surface area contributed by atoms with E-state index in [0.717, 1.165) is 77.7 Å². The van der Waals surface area contributed by atoms with E-state index in [0.29, 0.717) is 5.56 Å². The lowest BCUT2D eigenvalue weighted by molar-refractivity contribution is 0.0983. The molecule has 3 heterocycles. The predicted molar refractivity (Wildman–Crippen MR) is 265 cm³/mol. The van der Waals surface area contributed by atoms with Crippen LogP contribution in [0.1, 0.15) is 21.8 Å². The summed E-state index contributed by atoms with van der Waals surface area (Å²) in [7, 11) is 0. The molecule has 1 aromatic heterocycles. The average molecular weight is 817 g/mol. The molecule has 0 bridgehead atoms. The number of carbonyl (C=O) groups excluding carboxylic acids is 1. The molecule has 2 aliphatic heterocycles. The number of benzene rings is 9. The minimum absolute atomic E-state index is 0.0201. The number of fused-ring (bicyclic) bond motifs is 8. The molecule has 2 atom stereocenters. The van der Waals surface area contributed by atoms with Crippen molar-refractivity contribution in [1.29, 1.82) is 0 Å². The largest absolute Gasteiger partial charge is 0.306 e. The number of hydrogen-bond donors (Lipinski definition) is 0. The fraction of sp³-hybridized carbons (Fsp3) is 0.0328. The highest BCUT2D eigenvalue weighted by Gasteiger charge is 2.46. The minimum atomic E-state index is -0.159. The zero-order valence-electron chi connectivity index (χ0n) is 34.9. The maximum absolute atomic E-state index is 15.2. The summed E-state index contributed by atoms with van der Waals surface area (Å²) >= 11 is 0. The van der Waals surface area contributed by atoms with Crippen molar-refractivity contribution in [2.24, 2.45) is 0 Å². The summed E-state index contributed by atoms with van der Waals surface area (Å²) in [6.45, 7) is 0. The van der Waals surface area contributed by atoms with Gasteiger partial charge in [0.05, 0.1) is 34.0 Å². The van der Waals surface area contributed by atoms with Gasteiger partial charge in [0.2, 0.25) is 0 Å². The van der Waals surface area contributed by atoms with E-state index in [1.807, 2.05) is 12.1 Å². The summed E-state index contributed by atoms with van der Waals surface area (Å²) in [6.07, 6.45) is 8.77. The van der Waals surface area contributed by atoms with Crippen LogP contribution in [-0.2, 0) is 0 Å². The number of anilines is 1. The Morgan fingerprint density at radius 2 is 0.859 bits per heavy atom. The van der Waals surface area contributed by atoms with E-state index in [4.69, 9.17) is 0 Å². The Hall–Kier alpha value is -8.27. The van der Waals surface area contributed by atoms with Crippen LogP contribution in [0, 0.1) is 0 Å². The second-order valence-electron chi connectivity index (χ2n) is 17.2. The summed E-state index contributed by atoms with van der Waals surface area (Å²) in [6, 6.07) is 74.0. The minimum Gasteiger partial charge on any atom is -0.306 e. The highest BCUT2D eigenvalue weighted by molar-refractivity contribution is 6.24. The summed E-state index contributed by atoms with van der Waals surface area (Å²) in [5, 5.41) is 2.27. The molecule has 2 unspecified atom stereocenters. The van der Waals surface area contributed by atoms with Crippen molar-refractivity contribution in [2.45, 2.75) is 12.0 Å². The van der Waals surface area contributed by atoms with Gasteiger partial charge in [0, 0.05) is 16.7 Å². The van der Waals surface area contributed by atoms with Gasteiger partial charge in [0.15, 0.2) is 0 Å². The maximum Gasteiger partial charge on any atom is 0.261 e. The van der Waals surface area contributed by atoms with Crippen LogP contribution in [0.4, 0.5) is 5.69 Å². The van der Waals surface area contributed by atoms with Crippen molar-refractivity contribution in [3.63, 3.8) is 0 Å². The number of hydrogen-bond acceptors (Lipinski definition) is 1. The first-order chi connectivity index (χ1) is 31.7. The van der Waals surface area contributed by atoms with Gasteiger partial charge in [-0.05, 0) is 139 Å².